The van der Waals surface area contributed by atoms with Crippen molar-refractivity contribution in [2.24, 2.45) is 5.92 Å². The SMILES string of the molecule is CC1=CCN(C(=O)C(C(F)(F)F)C(F)(F)F)C(C(F)(F)F)(C(F)(F)F)C1. The van der Waals surface area contributed by atoms with Gasteiger partial charge in [0, 0.05) is 13.0 Å². The van der Waals surface area contributed by atoms with Crippen LogP contribution in [0.15, 0.2) is 11.6 Å². The molecule has 0 radical (unpaired) electrons. The van der Waals surface area contributed by atoms with E-state index in [2.05, 4.69) is 0 Å². The summed E-state index contributed by atoms with van der Waals surface area (Å²) in [6.07, 6.45) is -27.1. The van der Waals surface area contributed by atoms with Gasteiger partial charge in [-0.3, -0.25) is 4.79 Å². The maximum absolute atomic E-state index is 13.2. The van der Waals surface area contributed by atoms with Crippen LogP contribution in [-0.4, -0.2) is 47.6 Å². The normalized spacial score (nSPS) is 19.6. The van der Waals surface area contributed by atoms with Gasteiger partial charge >= 0.3 is 24.7 Å². The van der Waals surface area contributed by atoms with Crippen molar-refractivity contribution < 1.29 is 57.5 Å². The van der Waals surface area contributed by atoms with Crippen molar-refractivity contribution in [3.63, 3.8) is 0 Å². The van der Waals surface area contributed by atoms with Gasteiger partial charge in [0.1, 0.15) is 0 Å². The fourth-order valence-electron chi connectivity index (χ4n) is 2.54. The van der Waals surface area contributed by atoms with Gasteiger partial charge in [-0.15, -0.1) is 0 Å². The minimum Gasteiger partial charge on any atom is -0.316 e. The summed E-state index contributed by atoms with van der Waals surface area (Å²) in [6.45, 7) is -0.939. The van der Waals surface area contributed by atoms with E-state index in [1.807, 2.05) is 0 Å². The lowest BCUT2D eigenvalue weighted by atomic mass is 9.83. The Bertz CT molecular complexity index is 551. The maximum atomic E-state index is 13.2. The molecular formula is C12H9F12NO. The lowest BCUT2D eigenvalue weighted by Crippen LogP contribution is -2.71. The third-order valence-electron chi connectivity index (χ3n) is 3.72. The first-order valence-corrected chi connectivity index (χ1v) is 6.51. The van der Waals surface area contributed by atoms with Crippen molar-refractivity contribution in [3.05, 3.63) is 11.6 Å². The summed E-state index contributed by atoms with van der Waals surface area (Å²) in [6, 6.07) is 0. The largest absolute Gasteiger partial charge is 0.421 e. The molecule has 0 aromatic carbocycles. The van der Waals surface area contributed by atoms with Crippen LogP contribution in [0.2, 0.25) is 0 Å². The number of hydrogen-bond donors (Lipinski definition) is 0. The van der Waals surface area contributed by atoms with Crippen LogP contribution in [0.1, 0.15) is 13.3 Å². The summed E-state index contributed by atoms with van der Waals surface area (Å²) in [5.41, 5.74) is -5.80. The second-order valence-electron chi connectivity index (χ2n) is 5.55. The van der Waals surface area contributed by atoms with Crippen molar-refractivity contribution in [2.75, 3.05) is 6.54 Å². The Balaban J connectivity index is 3.67. The summed E-state index contributed by atoms with van der Waals surface area (Å²) in [5.74, 6) is -8.39. The van der Waals surface area contributed by atoms with E-state index in [1.54, 1.807) is 0 Å². The number of carbonyl (C=O) groups is 1. The van der Waals surface area contributed by atoms with Gasteiger partial charge in [0.05, 0.1) is 0 Å². The van der Waals surface area contributed by atoms with E-state index < -0.39 is 65.5 Å². The van der Waals surface area contributed by atoms with Crippen LogP contribution in [0, 0.1) is 5.92 Å². The Morgan fingerprint density at radius 1 is 0.923 bits per heavy atom. The molecule has 0 bridgehead atoms. The zero-order chi connectivity index (χ0) is 20.9. The topological polar surface area (TPSA) is 20.3 Å². The van der Waals surface area contributed by atoms with E-state index in [0.717, 1.165) is 6.92 Å². The highest BCUT2D eigenvalue weighted by Gasteiger charge is 2.77. The standard InChI is InChI=1S/C12H9F12NO/c1-5-2-3-25(7(26)6(9(13,14)15)10(16,17)18)8(4-5,11(19,20)21)12(22,23)24/h2,6H,3-4H2,1H3. The Morgan fingerprint density at radius 2 is 1.31 bits per heavy atom. The van der Waals surface area contributed by atoms with Gasteiger partial charge in [-0.05, 0) is 6.92 Å². The van der Waals surface area contributed by atoms with E-state index in [9.17, 15) is 57.5 Å². The average Bonchev–Trinajstić information content (AvgIpc) is 2.31. The summed E-state index contributed by atoms with van der Waals surface area (Å²) < 4.78 is 155. The Hall–Kier alpha value is -1.63. The first kappa shape index (κ1) is 22.4. The fourth-order valence-corrected chi connectivity index (χ4v) is 2.54. The van der Waals surface area contributed by atoms with Crippen molar-refractivity contribution in [1.82, 2.24) is 4.90 Å². The van der Waals surface area contributed by atoms with Gasteiger partial charge in [-0.1, -0.05) is 11.6 Å². The Morgan fingerprint density at radius 3 is 1.62 bits per heavy atom. The molecule has 0 aromatic heterocycles. The van der Waals surface area contributed by atoms with Gasteiger partial charge in [-0.25, -0.2) is 0 Å². The van der Waals surface area contributed by atoms with Crippen molar-refractivity contribution in [3.8, 4) is 0 Å². The smallest absolute Gasteiger partial charge is 0.316 e. The first-order chi connectivity index (χ1) is 11.3. The van der Waals surface area contributed by atoms with E-state index in [1.165, 1.54) is 0 Å². The van der Waals surface area contributed by atoms with Gasteiger partial charge in [0.25, 0.3) is 0 Å². The number of halogens is 12. The molecule has 0 saturated carbocycles. The van der Waals surface area contributed by atoms with Crippen LogP contribution in [0.3, 0.4) is 0 Å². The molecule has 1 aliphatic heterocycles. The van der Waals surface area contributed by atoms with Crippen LogP contribution in [-0.2, 0) is 4.79 Å². The highest BCUT2D eigenvalue weighted by Crippen LogP contribution is 2.53. The molecule has 14 heteroatoms. The number of amides is 1. The summed E-state index contributed by atoms with van der Waals surface area (Å²) in [4.78, 5) is 10.2. The molecule has 1 aliphatic rings. The molecule has 0 aliphatic carbocycles. The molecule has 1 amide bonds. The predicted molar refractivity (Wildman–Crippen MR) is 60.5 cm³/mol. The maximum Gasteiger partial charge on any atom is 0.421 e. The molecule has 2 nitrogen and oxygen atoms in total. The fraction of sp³-hybridized carbons (Fsp3) is 0.750. The third kappa shape index (κ3) is 3.72. The molecule has 1 heterocycles. The van der Waals surface area contributed by atoms with Gasteiger partial charge in [0.15, 0.2) is 0 Å². The molecule has 152 valence electrons. The zero-order valence-corrected chi connectivity index (χ0v) is 12.5. The second kappa shape index (κ2) is 6.22. The number of carbonyl (C=O) groups excluding carboxylic acids is 1. The highest BCUT2D eigenvalue weighted by atomic mass is 19.4. The third-order valence-corrected chi connectivity index (χ3v) is 3.72. The van der Waals surface area contributed by atoms with Gasteiger partial charge in [0.2, 0.25) is 17.4 Å². The van der Waals surface area contributed by atoms with Crippen molar-refractivity contribution >= 4 is 5.91 Å². The first-order valence-electron chi connectivity index (χ1n) is 6.51. The summed E-state index contributed by atoms with van der Waals surface area (Å²) in [7, 11) is 0. The average molecular weight is 411 g/mol. The van der Waals surface area contributed by atoms with Crippen LogP contribution >= 0.6 is 0 Å². The number of nitrogens with zero attached hydrogens (tertiary/aromatic N) is 1. The second-order valence-corrected chi connectivity index (χ2v) is 5.55. The zero-order valence-electron chi connectivity index (χ0n) is 12.5. The summed E-state index contributed by atoms with van der Waals surface area (Å²) >= 11 is 0. The lowest BCUT2D eigenvalue weighted by Gasteiger charge is -2.48. The minimum absolute atomic E-state index is 0.525. The van der Waals surface area contributed by atoms with Gasteiger partial charge in [-0.2, -0.15) is 52.7 Å². The van der Waals surface area contributed by atoms with E-state index >= 15 is 0 Å². The van der Waals surface area contributed by atoms with Crippen LogP contribution in [0.4, 0.5) is 52.7 Å². The van der Waals surface area contributed by atoms with Crippen LogP contribution in [0.25, 0.3) is 0 Å². The molecule has 0 unspecified atom stereocenters. The van der Waals surface area contributed by atoms with E-state index in [-0.39, 0.29) is 0 Å². The Labute approximate surface area is 137 Å². The van der Waals surface area contributed by atoms with Crippen LogP contribution in [0.5, 0.6) is 0 Å². The van der Waals surface area contributed by atoms with E-state index in [4.69, 9.17) is 0 Å². The minimum atomic E-state index is -6.44. The molecule has 26 heavy (non-hydrogen) atoms. The highest BCUT2D eigenvalue weighted by molar-refractivity contribution is 5.82. The van der Waals surface area contributed by atoms with Gasteiger partial charge < -0.3 is 4.90 Å². The molecule has 0 spiro atoms. The molecule has 1 rings (SSSR count). The number of rotatable bonds is 1. The van der Waals surface area contributed by atoms with Crippen LogP contribution < -0.4 is 0 Å². The summed E-state index contributed by atoms with van der Waals surface area (Å²) in [5, 5.41) is 0. The molecule has 0 fully saturated rings. The molecule has 0 N–H and O–H groups in total. The van der Waals surface area contributed by atoms with Crippen molar-refractivity contribution in [1.29, 1.82) is 0 Å². The molecule has 0 aromatic rings. The number of hydrogen-bond acceptors (Lipinski definition) is 1. The Kier molecular flexibility index (Phi) is 5.36. The predicted octanol–water partition coefficient (Wildman–Crippen LogP) is 4.77. The molecule has 0 saturated heterocycles. The number of alkyl halides is 12. The van der Waals surface area contributed by atoms with E-state index in [0.29, 0.717) is 6.08 Å². The molecule has 0 atom stereocenters. The lowest BCUT2D eigenvalue weighted by molar-refractivity contribution is -0.343. The monoisotopic (exact) mass is 411 g/mol. The quantitative estimate of drug-likeness (QED) is 0.450. The van der Waals surface area contributed by atoms with Crippen molar-refractivity contribution in [2.45, 2.75) is 43.6 Å². The molecular weight excluding hydrogens is 402 g/mol.